The topological polar surface area (TPSA) is 67.4 Å². The molecular weight excluding hydrogens is 364 g/mol. The van der Waals surface area contributed by atoms with E-state index in [4.69, 9.17) is 4.74 Å². The van der Waals surface area contributed by atoms with Crippen LogP contribution in [0.2, 0.25) is 0 Å². The van der Waals surface area contributed by atoms with Crippen molar-refractivity contribution in [3.8, 4) is 5.75 Å². The normalized spacial score (nSPS) is 10.2. The van der Waals surface area contributed by atoms with Crippen molar-refractivity contribution in [2.24, 2.45) is 0 Å². The zero-order valence-corrected chi connectivity index (χ0v) is 16.4. The van der Waals surface area contributed by atoms with Crippen LogP contribution in [0.3, 0.4) is 0 Å². The molecule has 5 heteroatoms. The number of hydrogen-bond acceptors (Lipinski definition) is 3. The lowest BCUT2D eigenvalue weighted by atomic mass is 10.1. The van der Waals surface area contributed by atoms with Gasteiger partial charge in [-0.05, 0) is 48.4 Å². The average Bonchev–Trinajstić information content (AvgIpc) is 2.77. The van der Waals surface area contributed by atoms with E-state index in [0.717, 1.165) is 17.7 Å². The molecule has 29 heavy (non-hydrogen) atoms. The second-order valence-corrected chi connectivity index (χ2v) is 6.54. The van der Waals surface area contributed by atoms with Gasteiger partial charge in [0.15, 0.2) is 0 Å². The fourth-order valence-corrected chi connectivity index (χ4v) is 2.78. The molecule has 0 saturated carbocycles. The van der Waals surface area contributed by atoms with Crippen LogP contribution in [0.5, 0.6) is 5.75 Å². The Balaban J connectivity index is 1.66. The van der Waals surface area contributed by atoms with Gasteiger partial charge in [0.2, 0.25) is 0 Å². The molecule has 2 amide bonds. The maximum Gasteiger partial charge on any atom is 0.255 e. The molecule has 0 aromatic heterocycles. The van der Waals surface area contributed by atoms with Crippen molar-refractivity contribution in [1.82, 2.24) is 5.32 Å². The monoisotopic (exact) mass is 388 g/mol. The molecule has 0 aliphatic rings. The van der Waals surface area contributed by atoms with Crippen LogP contribution in [0, 0.1) is 0 Å². The first-order chi connectivity index (χ1) is 14.2. The van der Waals surface area contributed by atoms with Gasteiger partial charge < -0.3 is 15.4 Å². The highest BCUT2D eigenvalue weighted by atomic mass is 16.5. The van der Waals surface area contributed by atoms with Crippen LogP contribution in [0.4, 0.5) is 5.69 Å². The second kappa shape index (κ2) is 10.1. The van der Waals surface area contributed by atoms with Crippen molar-refractivity contribution < 1.29 is 14.3 Å². The number of hydrogen-bond donors (Lipinski definition) is 2. The fraction of sp³-hybridized carbons (Fsp3) is 0.167. The van der Waals surface area contributed by atoms with E-state index in [1.165, 1.54) is 0 Å². The van der Waals surface area contributed by atoms with E-state index in [2.05, 4.69) is 10.6 Å². The van der Waals surface area contributed by atoms with Gasteiger partial charge in [-0.15, -0.1) is 0 Å². The Bertz CT molecular complexity index is 953. The second-order valence-electron chi connectivity index (χ2n) is 6.54. The summed E-state index contributed by atoms with van der Waals surface area (Å²) in [7, 11) is 0. The Hall–Kier alpha value is -3.60. The fourth-order valence-electron chi connectivity index (χ4n) is 2.78. The predicted molar refractivity (Wildman–Crippen MR) is 114 cm³/mol. The highest BCUT2D eigenvalue weighted by molar-refractivity contribution is 6.09. The van der Waals surface area contributed by atoms with Crippen molar-refractivity contribution in [2.45, 2.75) is 19.9 Å². The molecule has 0 bridgehead atoms. The van der Waals surface area contributed by atoms with Crippen LogP contribution in [0.25, 0.3) is 0 Å². The zero-order valence-electron chi connectivity index (χ0n) is 16.4. The number of carbonyl (C=O) groups is 2. The molecule has 0 spiro atoms. The molecule has 0 atom stereocenters. The van der Waals surface area contributed by atoms with Gasteiger partial charge in [0, 0.05) is 12.1 Å². The number of amides is 2. The van der Waals surface area contributed by atoms with Crippen molar-refractivity contribution >= 4 is 17.5 Å². The lowest BCUT2D eigenvalue weighted by molar-refractivity contribution is 0.0952. The predicted octanol–water partition coefficient (Wildman–Crippen LogP) is 4.66. The lowest BCUT2D eigenvalue weighted by Gasteiger charge is -2.12. The molecular formula is C24H24N2O3. The lowest BCUT2D eigenvalue weighted by Crippen LogP contribution is -2.24. The number of nitrogens with one attached hydrogen (secondary N) is 2. The molecule has 5 nitrogen and oxygen atoms in total. The molecule has 3 aromatic rings. The highest BCUT2D eigenvalue weighted by Crippen LogP contribution is 2.18. The number of anilines is 1. The van der Waals surface area contributed by atoms with Gasteiger partial charge in [0.05, 0.1) is 17.9 Å². The van der Waals surface area contributed by atoms with Crippen LogP contribution in [-0.2, 0) is 6.54 Å². The highest BCUT2D eigenvalue weighted by Gasteiger charge is 2.14. The molecule has 0 heterocycles. The maximum absolute atomic E-state index is 12.6. The molecule has 3 aromatic carbocycles. The number of carbonyl (C=O) groups excluding carboxylic acids is 2. The summed E-state index contributed by atoms with van der Waals surface area (Å²) in [5.41, 5.74) is 2.38. The number of para-hydroxylation sites is 1. The smallest absolute Gasteiger partial charge is 0.255 e. The van der Waals surface area contributed by atoms with Crippen molar-refractivity contribution in [3.05, 3.63) is 95.6 Å². The SMILES string of the molecule is CCCOc1ccc(C(=O)Nc2ccccc2C(=O)NCc2ccccc2)cc1. The average molecular weight is 388 g/mol. The van der Waals surface area contributed by atoms with E-state index in [-0.39, 0.29) is 11.8 Å². The van der Waals surface area contributed by atoms with Gasteiger partial charge in [-0.1, -0.05) is 49.4 Å². The third-order valence-corrected chi connectivity index (χ3v) is 4.31. The van der Waals surface area contributed by atoms with Gasteiger partial charge in [0.1, 0.15) is 5.75 Å². The third kappa shape index (κ3) is 5.69. The largest absolute Gasteiger partial charge is 0.494 e. The van der Waals surface area contributed by atoms with E-state index in [9.17, 15) is 9.59 Å². The standard InChI is InChI=1S/C24H24N2O3/c1-2-16-29-20-14-12-19(13-15-20)23(27)26-22-11-7-6-10-21(22)24(28)25-17-18-8-4-3-5-9-18/h3-15H,2,16-17H2,1H3,(H,25,28)(H,26,27). The summed E-state index contributed by atoms with van der Waals surface area (Å²) in [6.07, 6.45) is 0.922. The van der Waals surface area contributed by atoms with Crippen molar-refractivity contribution in [3.63, 3.8) is 0 Å². The van der Waals surface area contributed by atoms with E-state index in [1.54, 1.807) is 48.5 Å². The maximum atomic E-state index is 12.6. The molecule has 0 radical (unpaired) electrons. The summed E-state index contributed by atoms with van der Waals surface area (Å²) in [4.78, 5) is 25.2. The van der Waals surface area contributed by atoms with E-state index in [0.29, 0.717) is 30.0 Å². The molecule has 0 unspecified atom stereocenters. The van der Waals surface area contributed by atoms with E-state index in [1.807, 2.05) is 37.3 Å². The summed E-state index contributed by atoms with van der Waals surface area (Å²) in [5, 5.41) is 5.72. The number of benzene rings is 3. The minimum Gasteiger partial charge on any atom is -0.494 e. The van der Waals surface area contributed by atoms with Crippen LogP contribution < -0.4 is 15.4 Å². The molecule has 148 valence electrons. The summed E-state index contributed by atoms with van der Waals surface area (Å²) in [6, 6.07) is 23.6. The molecule has 0 aliphatic carbocycles. The van der Waals surface area contributed by atoms with E-state index < -0.39 is 0 Å². The van der Waals surface area contributed by atoms with Gasteiger partial charge in [-0.25, -0.2) is 0 Å². The van der Waals surface area contributed by atoms with Crippen molar-refractivity contribution in [1.29, 1.82) is 0 Å². The summed E-state index contributed by atoms with van der Waals surface area (Å²) in [6.45, 7) is 3.09. The molecule has 0 aliphatic heterocycles. The van der Waals surface area contributed by atoms with Crippen LogP contribution >= 0.6 is 0 Å². The molecule has 0 fully saturated rings. The van der Waals surface area contributed by atoms with Gasteiger partial charge in [-0.2, -0.15) is 0 Å². The van der Waals surface area contributed by atoms with Crippen LogP contribution in [-0.4, -0.2) is 18.4 Å². The number of rotatable bonds is 8. The Labute approximate surface area is 170 Å². The number of ether oxygens (including phenoxy) is 1. The Morgan fingerprint density at radius 1 is 0.828 bits per heavy atom. The van der Waals surface area contributed by atoms with Crippen LogP contribution in [0.1, 0.15) is 39.6 Å². The first kappa shape index (κ1) is 20.1. The Kier molecular flexibility index (Phi) is 7.00. The quantitative estimate of drug-likeness (QED) is 0.590. The first-order valence-corrected chi connectivity index (χ1v) is 9.62. The van der Waals surface area contributed by atoms with Gasteiger partial charge in [0.25, 0.3) is 11.8 Å². The Morgan fingerprint density at radius 2 is 1.52 bits per heavy atom. The molecule has 0 saturated heterocycles. The summed E-state index contributed by atoms with van der Waals surface area (Å²) >= 11 is 0. The molecule has 3 rings (SSSR count). The van der Waals surface area contributed by atoms with Crippen molar-refractivity contribution in [2.75, 3.05) is 11.9 Å². The molecule has 2 N–H and O–H groups in total. The minimum absolute atomic E-state index is 0.243. The van der Waals surface area contributed by atoms with Gasteiger partial charge >= 0.3 is 0 Å². The minimum atomic E-state index is -0.282. The zero-order chi connectivity index (χ0) is 20.5. The third-order valence-electron chi connectivity index (χ3n) is 4.31. The summed E-state index contributed by atoms with van der Waals surface area (Å²) in [5.74, 6) is 0.201. The first-order valence-electron chi connectivity index (χ1n) is 9.62. The Morgan fingerprint density at radius 3 is 2.24 bits per heavy atom. The van der Waals surface area contributed by atoms with E-state index >= 15 is 0 Å². The summed E-state index contributed by atoms with van der Waals surface area (Å²) < 4.78 is 5.54. The van der Waals surface area contributed by atoms with Gasteiger partial charge in [-0.3, -0.25) is 9.59 Å². The van der Waals surface area contributed by atoms with Crippen LogP contribution in [0.15, 0.2) is 78.9 Å².